The Morgan fingerprint density at radius 2 is 2.12 bits per heavy atom. The van der Waals surface area contributed by atoms with E-state index >= 15 is 0 Å². The number of aldehydes is 1. The third-order valence-corrected chi connectivity index (χ3v) is 3.54. The number of carbonyl (C=O) groups is 1. The summed E-state index contributed by atoms with van der Waals surface area (Å²) in [6.07, 6.45) is 3.46. The molecular formula is C14H15NO. The molecule has 1 fully saturated rings. The van der Waals surface area contributed by atoms with Crippen LogP contribution in [0.15, 0.2) is 18.2 Å². The number of hydrogen-bond donors (Lipinski definition) is 0. The van der Waals surface area contributed by atoms with Gasteiger partial charge in [0.15, 0.2) is 6.29 Å². The fourth-order valence-corrected chi connectivity index (χ4v) is 2.55. The summed E-state index contributed by atoms with van der Waals surface area (Å²) in [6.45, 7) is 2.10. The molecule has 1 heterocycles. The number of carbonyl (C=O) groups excluding carboxylic acids is 1. The van der Waals surface area contributed by atoms with E-state index in [1.807, 2.05) is 11.6 Å². The third kappa shape index (κ3) is 1.22. The molecule has 1 saturated carbocycles. The van der Waals surface area contributed by atoms with Gasteiger partial charge in [0.2, 0.25) is 0 Å². The number of aromatic nitrogens is 1. The van der Waals surface area contributed by atoms with Crippen molar-refractivity contribution in [1.82, 2.24) is 4.57 Å². The van der Waals surface area contributed by atoms with Gasteiger partial charge in [-0.05, 0) is 43.4 Å². The van der Waals surface area contributed by atoms with E-state index in [0.717, 1.165) is 12.0 Å². The van der Waals surface area contributed by atoms with Crippen molar-refractivity contribution in [2.75, 3.05) is 0 Å². The van der Waals surface area contributed by atoms with E-state index in [1.54, 1.807) is 0 Å². The fourth-order valence-electron chi connectivity index (χ4n) is 2.55. The smallest absolute Gasteiger partial charge is 0.166 e. The zero-order chi connectivity index (χ0) is 11.3. The van der Waals surface area contributed by atoms with Gasteiger partial charge in [0.25, 0.3) is 0 Å². The van der Waals surface area contributed by atoms with Gasteiger partial charge in [-0.2, -0.15) is 0 Å². The van der Waals surface area contributed by atoms with E-state index < -0.39 is 0 Å². The van der Waals surface area contributed by atoms with Crippen molar-refractivity contribution in [2.24, 2.45) is 7.05 Å². The molecule has 0 amide bonds. The normalized spacial score (nSPS) is 15.6. The van der Waals surface area contributed by atoms with Crippen molar-refractivity contribution in [3.63, 3.8) is 0 Å². The van der Waals surface area contributed by atoms with Crippen molar-refractivity contribution >= 4 is 17.2 Å². The molecule has 1 aliphatic rings. The molecule has 0 unspecified atom stereocenters. The molecule has 0 aliphatic heterocycles. The molecule has 0 atom stereocenters. The van der Waals surface area contributed by atoms with E-state index in [2.05, 4.69) is 25.1 Å². The van der Waals surface area contributed by atoms with E-state index in [9.17, 15) is 4.79 Å². The molecule has 0 N–H and O–H groups in total. The molecule has 1 aromatic carbocycles. The van der Waals surface area contributed by atoms with Crippen molar-refractivity contribution in [3.8, 4) is 0 Å². The maximum absolute atomic E-state index is 11.2. The lowest BCUT2D eigenvalue weighted by molar-refractivity contribution is 0.111. The highest BCUT2D eigenvalue weighted by molar-refractivity contribution is 5.94. The van der Waals surface area contributed by atoms with Gasteiger partial charge in [0.05, 0.1) is 5.69 Å². The summed E-state index contributed by atoms with van der Waals surface area (Å²) in [5, 5.41) is 1.27. The van der Waals surface area contributed by atoms with Gasteiger partial charge >= 0.3 is 0 Å². The van der Waals surface area contributed by atoms with Crippen LogP contribution in [0.5, 0.6) is 0 Å². The zero-order valence-electron chi connectivity index (χ0n) is 9.66. The van der Waals surface area contributed by atoms with Gasteiger partial charge in [-0.3, -0.25) is 4.79 Å². The van der Waals surface area contributed by atoms with Crippen molar-refractivity contribution < 1.29 is 4.79 Å². The van der Waals surface area contributed by atoms with Crippen LogP contribution < -0.4 is 0 Å². The molecule has 0 radical (unpaired) electrons. The molecule has 82 valence electrons. The maximum atomic E-state index is 11.2. The Bertz CT molecular complexity index is 576. The average Bonchev–Trinajstić information content (AvgIpc) is 3.05. The predicted octanol–water partition coefficient (Wildman–Crippen LogP) is 3.18. The average molecular weight is 213 g/mol. The van der Waals surface area contributed by atoms with Gasteiger partial charge in [-0.25, -0.2) is 0 Å². The number of nitrogens with zero attached hydrogens (tertiary/aromatic N) is 1. The van der Waals surface area contributed by atoms with Crippen molar-refractivity contribution in [2.45, 2.75) is 25.7 Å². The lowest BCUT2D eigenvalue weighted by atomic mass is 10.0. The minimum atomic E-state index is 0.616. The molecule has 1 aromatic heterocycles. The van der Waals surface area contributed by atoms with Crippen LogP contribution in [0, 0.1) is 6.92 Å². The number of benzene rings is 1. The van der Waals surface area contributed by atoms with Crippen LogP contribution in [-0.4, -0.2) is 10.9 Å². The standard InChI is InChI=1S/C14H15NO/c1-9-3-6-12-11(7-9)14(10-4-5-10)13(8-16)15(12)2/h3,6-8,10H,4-5H2,1-2H3. The molecule has 0 spiro atoms. The summed E-state index contributed by atoms with van der Waals surface area (Å²) in [4.78, 5) is 11.2. The van der Waals surface area contributed by atoms with E-state index in [1.165, 1.54) is 34.9 Å². The lowest BCUT2D eigenvalue weighted by Gasteiger charge is -1.97. The Kier molecular flexibility index (Phi) is 1.93. The molecule has 0 saturated heterocycles. The van der Waals surface area contributed by atoms with Crippen LogP contribution in [0.4, 0.5) is 0 Å². The Hall–Kier alpha value is -1.57. The predicted molar refractivity (Wildman–Crippen MR) is 65.0 cm³/mol. The van der Waals surface area contributed by atoms with Crippen LogP contribution in [0.2, 0.25) is 0 Å². The summed E-state index contributed by atoms with van der Waals surface area (Å²) >= 11 is 0. The fraction of sp³-hybridized carbons (Fsp3) is 0.357. The second-order valence-corrected chi connectivity index (χ2v) is 4.77. The monoisotopic (exact) mass is 213 g/mol. The largest absolute Gasteiger partial charge is 0.341 e. The minimum absolute atomic E-state index is 0.616. The molecule has 3 rings (SSSR count). The molecule has 1 aliphatic carbocycles. The maximum Gasteiger partial charge on any atom is 0.166 e. The first-order valence-corrected chi connectivity index (χ1v) is 5.76. The Balaban J connectivity index is 2.41. The van der Waals surface area contributed by atoms with Crippen LogP contribution in [0.3, 0.4) is 0 Å². The van der Waals surface area contributed by atoms with Gasteiger partial charge in [0, 0.05) is 18.0 Å². The second kappa shape index (κ2) is 3.21. The van der Waals surface area contributed by atoms with Crippen LogP contribution >= 0.6 is 0 Å². The zero-order valence-corrected chi connectivity index (χ0v) is 9.66. The number of aryl methyl sites for hydroxylation is 2. The first-order chi connectivity index (χ1) is 7.72. The Morgan fingerprint density at radius 1 is 1.38 bits per heavy atom. The van der Waals surface area contributed by atoms with Gasteiger partial charge in [0.1, 0.15) is 0 Å². The third-order valence-electron chi connectivity index (χ3n) is 3.54. The Morgan fingerprint density at radius 3 is 2.75 bits per heavy atom. The first-order valence-electron chi connectivity index (χ1n) is 5.76. The number of hydrogen-bond acceptors (Lipinski definition) is 1. The van der Waals surface area contributed by atoms with Gasteiger partial charge in [-0.1, -0.05) is 11.6 Å². The lowest BCUT2D eigenvalue weighted by Crippen LogP contribution is -1.96. The molecular weight excluding hydrogens is 198 g/mol. The van der Waals surface area contributed by atoms with Crippen molar-refractivity contribution in [1.29, 1.82) is 0 Å². The van der Waals surface area contributed by atoms with Gasteiger partial charge < -0.3 is 4.57 Å². The highest BCUT2D eigenvalue weighted by Gasteiger charge is 2.30. The van der Waals surface area contributed by atoms with E-state index in [4.69, 9.17) is 0 Å². The first kappa shape index (κ1) is 9.64. The summed E-state index contributed by atoms with van der Waals surface area (Å²) < 4.78 is 2.02. The van der Waals surface area contributed by atoms with E-state index in [0.29, 0.717) is 5.92 Å². The Labute approximate surface area is 94.9 Å². The second-order valence-electron chi connectivity index (χ2n) is 4.77. The topological polar surface area (TPSA) is 22.0 Å². The summed E-state index contributed by atoms with van der Waals surface area (Å²) in [7, 11) is 1.98. The summed E-state index contributed by atoms with van der Waals surface area (Å²) in [5.41, 5.74) is 4.58. The highest BCUT2D eigenvalue weighted by Crippen LogP contribution is 2.45. The van der Waals surface area contributed by atoms with Crippen molar-refractivity contribution in [3.05, 3.63) is 35.0 Å². The molecule has 2 heteroatoms. The van der Waals surface area contributed by atoms with E-state index in [-0.39, 0.29) is 0 Å². The van der Waals surface area contributed by atoms with Gasteiger partial charge in [-0.15, -0.1) is 0 Å². The molecule has 16 heavy (non-hydrogen) atoms. The minimum Gasteiger partial charge on any atom is -0.341 e. The summed E-state index contributed by atoms with van der Waals surface area (Å²) in [6, 6.07) is 6.42. The number of fused-ring (bicyclic) bond motifs is 1. The van der Waals surface area contributed by atoms with Crippen LogP contribution in [0.1, 0.15) is 40.4 Å². The molecule has 2 nitrogen and oxygen atoms in total. The SMILES string of the molecule is Cc1ccc2c(c1)c(C1CC1)c(C=O)n2C. The van der Waals surface area contributed by atoms with Crippen LogP contribution in [-0.2, 0) is 7.05 Å². The van der Waals surface area contributed by atoms with Crippen LogP contribution in [0.25, 0.3) is 10.9 Å². The molecule has 2 aromatic rings. The number of rotatable bonds is 2. The quantitative estimate of drug-likeness (QED) is 0.702. The summed E-state index contributed by atoms with van der Waals surface area (Å²) in [5.74, 6) is 0.616. The highest BCUT2D eigenvalue weighted by atomic mass is 16.1. The molecule has 0 bridgehead atoms.